The molecule has 2 aromatic heterocycles. The summed E-state index contributed by atoms with van der Waals surface area (Å²) < 4.78 is 6.27. The summed E-state index contributed by atoms with van der Waals surface area (Å²) in [4.78, 5) is 7.53. The van der Waals surface area contributed by atoms with E-state index in [0.29, 0.717) is 0 Å². The average molecular weight is 302 g/mol. The number of nitrogens with one attached hydrogen (secondary N) is 1. The van der Waals surface area contributed by atoms with Crippen molar-refractivity contribution >= 4 is 11.3 Å². The van der Waals surface area contributed by atoms with Gasteiger partial charge in [0.2, 0.25) is 0 Å². The number of ether oxygens (including phenoxy) is 1. The lowest BCUT2D eigenvalue weighted by atomic mass is 9.82. The second-order valence-electron chi connectivity index (χ2n) is 6.29. The maximum Gasteiger partial charge on any atom is 0.0966 e. The molecule has 1 saturated heterocycles. The fourth-order valence-corrected chi connectivity index (χ4v) is 4.69. The number of fused-ring (bicyclic) bond motifs is 2. The molecule has 2 aliphatic rings. The highest BCUT2D eigenvalue weighted by molar-refractivity contribution is 7.10. The predicted molar refractivity (Wildman–Crippen MR) is 85.7 cm³/mol. The van der Waals surface area contributed by atoms with E-state index < -0.39 is 0 Å². The summed E-state index contributed by atoms with van der Waals surface area (Å²) in [6, 6.07) is 6.65. The van der Waals surface area contributed by atoms with Gasteiger partial charge in [0.1, 0.15) is 0 Å². The van der Waals surface area contributed by atoms with Gasteiger partial charge in [-0.3, -0.25) is 4.90 Å². The van der Waals surface area contributed by atoms with Crippen LogP contribution in [0, 0.1) is 6.92 Å². The minimum atomic E-state index is 0.00966. The van der Waals surface area contributed by atoms with Crippen LogP contribution in [0.15, 0.2) is 23.6 Å². The Balaban J connectivity index is 1.45. The van der Waals surface area contributed by atoms with Gasteiger partial charge in [-0.1, -0.05) is 0 Å². The normalized spacial score (nSPS) is 21.6. The summed E-state index contributed by atoms with van der Waals surface area (Å²) in [7, 11) is 0. The third-order valence-corrected chi connectivity index (χ3v) is 5.87. The van der Waals surface area contributed by atoms with E-state index in [1.54, 1.807) is 4.88 Å². The van der Waals surface area contributed by atoms with E-state index in [4.69, 9.17) is 4.74 Å². The molecule has 0 aromatic carbocycles. The van der Waals surface area contributed by atoms with Crippen molar-refractivity contribution in [2.24, 2.45) is 0 Å². The van der Waals surface area contributed by atoms with Crippen molar-refractivity contribution in [2.75, 3.05) is 19.7 Å². The number of aryl methyl sites for hydroxylation is 1. The van der Waals surface area contributed by atoms with Crippen molar-refractivity contribution in [1.82, 2.24) is 9.88 Å². The van der Waals surface area contributed by atoms with Gasteiger partial charge in [-0.05, 0) is 48.9 Å². The number of aromatic nitrogens is 1. The Morgan fingerprint density at radius 3 is 2.90 bits per heavy atom. The Labute approximate surface area is 129 Å². The Morgan fingerprint density at radius 1 is 1.29 bits per heavy atom. The lowest BCUT2D eigenvalue weighted by Gasteiger charge is -2.44. The minimum absolute atomic E-state index is 0.00966. The number of hydrogen-bond acceptors (Lipinski definition) is 3. The van der Waals surface area contributed by atoms with Crippen LogP contribution >= 0.6 is 11.3 Å². The molecule has 0 saturated carbocycles. The van der Waals surface area contributed by atoms with Crippen LogP contribution in [-0.2, 0) is 23.3 Å². The van der Waals surface area contributed by atoms with Crippen molar-refractivity contribution in [3.8, 4) is 0 Å². The number of rotatable bonds is 2. The highest BCUT2D eigenvalue weighted by atomic mass is 32.1. The molecule has 4 heteroatoms. The number of H-pyrrole nitrogens is 1. The topological polar surface area (TPSA) is 28.3 Å². The Bertz CT molecular complexity index is 622. The van der Waals surface area contributed by atoms with Crippen LogP contribution in [0.1, 0.15) is 34.7 Å². The van der Waals surface area contributed by atoms with Gasteiger partial charge in [-0.25, -0.2) is 0 Å². The molecule has 0 unspecified atom stereocenters. The van der Waals surface area contributed by atoms with Gasteiger partial charge in [0, 0.05) is 42.3 Å². The summed E-state index contributed by atoms with van der Waals surface area (Å²) in [5, 5.41) is 2.23. The molecular weight excluding hydrogens is 280 g/mol. The van der Waals surface area contributed by atoms with Crippen molar-refractivity contribution in [3.63, 3.8) is 0 Å². The van der Waals surface area contributed by atoms with Crippen molar-refractivity contribution in [1.29, 1.82) is 0 Å². The molecule has 3 nitrogen and oxygen atoms in total. The molecule has 1 spiro atoms. The molecule has 1 fully saturated rings. The highest BCUT2D eigenvalue weighted by Gasteiger charge is 2.41. The van der Waals surface area contributed by atoms with E-state index in [2.05, 4.69) is 40.4 Å². The summed E-state index contributed by atoms with van der Waals surface area (Å²) >= 11 is 1.90. The quantitative estimate of drug-likeness (QED) is 0.920. The van der Waals surface area contributed by atoms with Crippen LogP contribution in [0.25, 0.3) is 0 Å². The molecule has 21 heavy (non-hydrogen) atoms. The van der Waals surface area contributed by atoms with Gasteiger partial charge < -0.3 is 9.72 Å². The minimum Gasteiger partial charge on any atom is -0.370 e. The Kier molecular flexibility index (Phi) is 3.40. The van der Waals surface area contributed by atoms with Crippen molar-refractivity contribution in [3.05, 3.63) is 45.4 Å². The van der Waals surface area contributed by atoms with Crippen LogP contribution in [0.2, 0.25) is 0 Å². The van der Waals surface area contributed by atoms with Crippen LogP contribution in [0.3, 0.4) is 0 Å². The zero-order valence-corrected chi connectivity index (χ0v) is 13.3. The number of nitrogens with zero attached hydrogens (tertiary/aromatic N) is 1. The van der Waals surface area contributed by atoms with Gasteiger partial charge in [0.15, 0.2) is 0 Å². The molecule has 4 rings (SSSR count). The molecule has 1 N–H and O–H groups in total. The molecular formula is C17H22N2OS. The van der Waals surface area contributed by atoms with E-state index in [-0.39, 0.29) is 5.60 Å². The van der Waals surface area contributed by atoms with Crippen molar-refractivity contribution in [2.45, 2.75) is 38.3 Å². The zero-order valence-electron chi connectivity index (χ0n) is 12.5. The van der Waals surface area contributed by atoms with Crippen LogP contribution in [0.4, 0.5) is 0 Å². The SMILES string of the molecule is Cc1ccc(CN2CCC3(CC2)OCCc2sccc23)[nH]1. The number of likely N-dealkylation sites (tertiary alicyclic amines) is 1. The molecule has 0 atom stereocenters. The first-order valence-electron chi connectivity index (χ1n) is 7.83. The first-order valence-corrected chi connectivity index (χ1v) is 8.71. The van der Waals surface area contributed by atoms with E-state index in [9.17, 15) is 0 Å². The second kappa shape index (κ2) is 5.27. The lowest BCUT2D eigenvalue weighted by Crippen LogP contribution is -2.45. The largest absolute Gasteiger partial charge is 0.370 e. The fraction of sp³-hybridized carbons (Fsp3) is 0.529. The molecule has 4 heterocycles. The molecule has 112 valence electrons. The first-order chi connectivity index (χ1) is 10.3. The molecule has 2 aliphatic heterocycles. The number of thiophene rings is 1. The van der Waals surface area contributed by atoms with Gasteiger partial charge in [-0.2, -0.15) is 0 Å². The van der Waals surface area contributed by atoms with Crippen LogP contribution < -0.4 is 0 Å². The van der Waals surface area contributed by atoms with E-state index >= 15 is 0 Å². The highest BCUT2D eigenvalue weighted by Crippen LogP contribution is 2.43. The van der Waals surface area contributed by atoms with E-state index in [0.717, 1.165) is 45.5 Å². The lowest BCUT2D eigenvalue weighted by molar-refractivity contribution is -0.0981. The van der Waals surface area contributed by atoms with E-state index in [1.165, 1.54) is 17.0 Å². The van der Waals surface area contributed by atoms with Gasteiger partial charge in [0.25, 0.3) is 0 Å². The molecule has 0 bridgehead atoms. The smallest absolute Gasteiger partial charge is 0.0966 e. The standard InChI is InChI=1S/C17H22N2OS/c1-13-2-3-14(18-13)12-19-8-6-17(7-9-19)15-5-11-21-16(15)4-10-20-17/h2-3,5,11,18H,4,6-10,12H2,1H3. The van der Waals surface area contributed by atoms with E-state index in [1.807, 2.05) is 11.3 Å². The van der Waals surface area contributed by atoms with Gasteiger partial charge in [-0.15, -0.1) is 11.3 Å². The maximum atomic E-state index is 6.27. The average Bonchev–Trinajstić information content (AvgIpc) is 3.12. The monoisotopic (exact) mass is 302 g/mol. The fourth-order valence-electron chi connectivity index (χ4n) is 3.74. The van der Waals surface area contributed by atoms with Crippen LogP contribution in [0.5, 0.6) is 0 Å². The molecule has 0 radical (unpaired) electrons. The summed E-state index contributed by atoms with van der Waals surface area (Å²) in [6.07, 6.45) is 3.34. The molecule has 0 amide bonds. The van der Waals surface area contributed by atoms with Gasteiger partial charge >= 0.3 is 0 Å². The summed E-state index contributed by atoms with van der Waals surface area (Å²) in [6.45, 7) is 6.27. The van der Waals surface area contributed by atoms with Crippen molar-refractivity contribution < 1.29 is 4.74 Å². The summed E-state index contributed by atoms with van der Waals surface area (Å²) in [5.74, 6) is 0. The molecule has 0 aliphatic carbocycles. The zero-order chi connectivity index (χ0) is 14.3. The predicted octanol–water partition coefficient (Wildman–Crippen LogP) is 3.45. The summed E-state index contributed by atoms with van der Waals surface area (Å²) in [5.41, 5.74) is 4.06. The molecule has 2 aromatic rings. The third-order valence-electron chi connectivity index (χ3n) is 4.89. The third kappa shape index (κ3) is 2.45. The Morgan fingerprint density at radius 2 is 2.14 bits per heavy atom. The number of hydrogen-bond donors (Lipinski definition) is 1. The maximum absolute atomic E-state index is 6.27. The Hall–Kier alpha value is -1.10. The van der Waals surface area contributed by atoms with Gasteiger partial charge in [0.05, 0.1) is 12.2 Å². The second-order valence-corrected chi connectivity index (χ2v) is 7.29. The number of piperidine rings is 1. The first kappa shape index (κ1) is 13.6. The number of aromatic amines is 1. The van der Waals surface area contributed by atoms with Crippen LogP contribution in [-0.4, -0.2) is 29.6 Å².